The van der Waals surface area contributed by atoms with Crippen LogP contribution < -0.4 is 10.6 Å². The number of fused-ring (bicyclic) bond motifs is 1. The maximum atomic E-state index is 12.2. The Morgan fingerprint density at radius 3 is 2.75 bits per heavy atom. The zero-order valence-electron chi connectivity index (χ0n) is 13.0. The van der Waals surface area contributed by atoms with Crippen LogP contribution in [0.4, 0.5) is 0 Å². The Hall–Kier alpha value is -1.35. The van der Waals surface area contributed by atoms with Crippen molar-refractivity contribution in [2.45, 2.75) is 46.6 Å². The molecule has 0 aromatic heterocycles. The molecule has 110 valence electrons. The highest BCUT2D eigenvalue weighted by Gasteiger charge is 2.27. The molecule has 3 nitrogen and oxygen atoms in total. The van der Waals surface area contributed by atoms with Gasteiger partial charge in [0.15, 0.2) is 0 Å². The second kappa shape index (κ2) is 5.96. The molecule has 0 bridgehead atoms. The summed E-state index contributed by atoms with van der Waals surface area (Å²) in [5, 5.41) is 6.52. The quantitative estimate of drug-likeness (QED) is 0.889. The van der Waals surface area contributed by atoms with E-state index in [4.69, 9.17) is 0 Å². The molecular formula is C17H26N2O. The lowest BCUT2D eigenvalue weighted by Gasteiger charge is -2.32. The van der Waals surface area contributed by atoms with Gasteiger partial charge in [-0.05, 0) is 42.0 Å². The maximum absolute atomic E-state index is 12.2. The van der Waals surface area contributed by atoms with E-state index in [1.165, 1.54) is 11.1 Å². The Bertz CT molecular complexity index is 488. The van der Waals surface area contributed by atoms with E-state index in [9.17, 15) is 4.79 Å². The first-order valence-electron chi connectivity index (χ1n) is 7.58. The molecule has 1 heterocycles. The molecule has 1 unspecified atom stereocenters. The minimum absolute atomic E-state index is 0.0727. The second-order valence-electron chi connectivity index (χ2n) is 6.63. The summed E-state index contributed by atoms with van der Waals surface area (Å²) in [5.41, 5.74) is 3.35. The molecule has 0 fully saturated rings. The van der Waals surface area contributed by atoms with Crippen LogP contribution in [-0.2, 0) is 6.42 Å². The lowest BCUT2D eigenvalue weighted by Crippen LogP contribution is -2.32. The summed E-state index contributed by atoms with van der Waals surface area (Å²) >= 11 is 0. The van der Waals surface area contributed by atoms with Gasteiger partial charge in [0, 0.05) is 18.2 Å². The Labute approximate surface area is 122 Å². The van der Waals surface area contributed by atoms with Crippen LogP contribution >= 0.6 is 0 Å². The lowest BCUT2D eigenvalue weighted by molar-refractivity contribution is 0.0955. The molecular weight excluding hydrogens is 248 g/mol. The van der Waals surface area contributed by atoms with Crippen LogP contribution in [0.2, 0.25) is 0 Å². The maximum Gasteiger partial charge on any atom is 0.251 e. The molecule has 1 aliphatic rings. The SMILES string of the molecule is CCNC(c1ccc2c(c1)C(=O)NCCC2)C(C)(C)C. The fourth-order valence-corrected chi connectivity index (χ4v) is 2.91. The highest BCUT2D eigenvalue weighted by atomic mass is 16.1. The summed E-state index contributed by atoms with van der Waals surface area (Å²) in [5.74, 6) is 0.0727. The molecule has 2 N–H and O–H groups in total. The van der Waals surface area contributed by atoms with Crippen LogP contribution in [0.25, 0.3) is 0 Å². The number of hydrogen-bond acceptors (Lipinski definition) is 2. The third-order valence-electron chi connectivity index (χ3n) is 3.89. The van der Waals surface area contributed by atoms with E-state index in [0.29, 0.717) is 0 Å². The minimum atomic E-state index is 0.0727. The van der Waals surface area contributed by atoms with Gasteiger partial charge in [-0.1, -0.05) is 39.8 Å². The molecule has 2 rings (SSSR count). The van der Waals surface area contributed by atoms with Crippen molar-refractivity contribution >= 4 is 5.91 Å². The normalized spacial score (nSPS) is 17.1. The Balaban J connectivity index is 2.40. The van der Waals surface area contributed by atoms with Crippen LogP contribution in [0, 0.1) is 5.41 Å². The van der Waals surface area contributed by atoms with Crippen molar-refractivity contribution in [2.75, 3.05) is 13.1 Å². The van der Waals surface area contributed by atoms with E-state index < -0.39 is 0 Å². The minimum Gasteiger partial charge on any atom is -0.352 e. The molecule has 1 atom stereocenters. The zero-order chi connectivity index (χ0) is 14.8. The van der Waals surface area contributed by atoms with E-state index in [2.05, 4.69) is 56.5 Å². The smallest absolute Gasteiger partial charge is 0.251 e. The first kappa shape index (κ1) is 15.0. The Morgan fingerprint density at radius 2 is 2.10 bits per heavy atom. The Kier molecular flexibility index (Phi) is 4.48. The number of hydrogen-bond donors (Lipinski definition) is 2. The van der Waals surface area contributed by atoms with Gasteiger partial charge in [-0.15, -0.1) is 0 Å². The van der Waals surface area contributed by atoms with E-state index in [-0.39, 0.29) is 17.4 Å². The molecule has 1 amide bonds. The highest BCUT2D eigenvalue weighted by Crippen LogP contribution is 2.33. The molecule has 3 heteroatoms. The average Bonchev–Trinajstić information content (AvgIpc) is 2.57. The fraction of sp³-hybridized carbons (Fsp3) is 0.588. The van der Waals surface area contributed by atoms with Crippen LogP contribution in [0.15, 0.2) is 18.2 Å². The van der Waals surface area contributed by atoms with Gasteiger partial charge in [0.1, 0.15) is 0 Å². The molecule has 1 aliphatic heterocycles. The van der Waals surface area contributed by atoms with Gasteiger partial charge >= 0.3 is 0 Å². The summed E-state index contributed by atoms with van der Waals surface area (Å²) in [4.78, 5) is 12.2. The monoisotopic (exact) mass is 274 g/mol. The first-order chi connectivity index (χ1) is 9.43. The van der Waals surface area contributed by atoms with Gasteiger partial charge in [0.2, 0.25) is 0 Å². The predicted molar refractivity (Wildman–Crippen MR) is 83.0 cm³/mol. The number of benzene rings is 1. The number of carbonyl (C=O) groups excluding carboxylic acids is 1. The van der Waals surface area contributed by atoms with Gasteiger partial charge in [0.05, 0.1) is 0 Å². The molecule has 20 heavy (non-hydrogen) atoms. The molecule has 0 saturated carbocycles. The summed E-state index contributed by atoms with van der Waals surface area (Å²) < 4.78 is 0. The van der Waals surface area contributed by atoms with Gasteiger partial charge in [-0.25, -0.2) is 0 Å². The standard InChI is InChI=1S/C17H26N2O/c1-5-18-15(17(2,3)4)13-9-8-12-7-6-10-19-16(20)14(12)11-13/h8-9,11,15,18H,5-7,10H2,1-4H3,(H,19,20). The van der Waals surface area contributed by atoms with Crippen molar-refractivity contribution in [3.63, 3.8) is 0 Å². The van der Waals surface area contributed by atoms with Crippen molar-refractivity contribution in [1.82, 2.24) is 10.6 Å². The molecule has 1 aromatic carbocycles. The van der Waals surface area contributed by atoms with Gasteiger partial charge in [0.25, 0.3) is 5.91 Å². The van der Waals surface area contributed by atoms with Crippen LogP contribution in [0.5, 0.6) is 0 Å². The fourth-order valence-electron chi connectivity index (χ4n) is 2.91. The predicted octanol–water partition coefficient (Wildman–Crippen LogP) is 3.06. The number of aryl methyl sites for hydroxylation is 1. The Morgan fingerprint density at radius 1 is 1.35 bits per heavy atom. The van der Waals surface area contributed by atoms with Crippen LogP contribution in [0.1, 0.15) is 61.6 Å². The number of nitrogens with one attached hydrogen (secondary N) is 2. The van der Waals surface area contributed by atoms with Gasteiger partial charge < -0.3 is 10.6 Å². The van der Waals surface area contributed by atoms with Crippen molar-refractivity contribution in [1.29, 1.82) is 0 Å². The largest absolute Gasteiger partial charge is 0.352 e. The number of rotatable bonds is 3. The third kappa shape index (κ3) is 3.21. The first-order valence-corrected chi connectivity index (χ1v) is 7.58. The van der Waals surface area contributed by atoms with Crippen molar-refractivity contribution < 1.29 is 4.79 Å². The third-order valence-corrected chi connectivity index (χ3v) is 3.89. The van der Waals surface area contributed by atoms with Gasteiger partial charge in [-0.2, -0.15) is 0 Å². The average molecular weight is 274 g/mol. The molecule has 1 aromatic rings. The summed E-state index contributed by atoms with van der Waals surface area (Å²) in [6.45, 7) is 10.5. The number of carbonyl (C=O) groups is 1. The van der Waals surface area contributed by atoms with E-state index >= 15 is 0 Å². The number of amides is 1. The van der Waals surface area contributed by atoms with Crippen LogP contribution in [-0.4, -0.2) is 19.0 Å². The van der Waals surface area contributed by atoms with E-state index in [1.807, 2.05) is 0 Å². The van der Waals surface area contributed by atoms with Gasteiger partial charge in [-0.3, -0.25) is 4.79 Å². The lowest BCUT2D eigenvalue weighted by atomic mass is 9.81. The summed E-state index contributed by atoms with van der Waals surface area (Å²) in [7, 11) is 0. The molecule has 0 radical (unpaired) electrons. The molecule has 0 spiro atoms. The zero-order valence-corrected chi connectivity index (χ0v) is 13.0. The van der Waals surface area contributed by atoms with Crippen molar-refractivity contribution in [3.8, 4) is 0 Å². The molecule has 0 aliphatic carbocycles. The van der Waals surface area contributed by atoms with E-state index in [0.717, 1.165) is 31.5 Å². The van der Waals surface area contributed by atoms with Crippen molar-refractivity contribution in [2.24, 2.45) is 5.41 Å². The topological polar surface area (TPSA) is 41.1 Å². The second-order valence-corrected chi connectivity index (χ2v) is 6.63. The summed E-state index contributed by atoms with van der Waals surface area (Å²) in [6.07, 6.45) is 2.00. The van der Waals surface area contributed by atoms with E-state index in [1.54, 1.807) is 0 Å². The van der Waals surface area contributed by atoms with Crippen molar-refractivity contribution in [3.05, 3.63) is 34.9 Å². The highest BCUT2D eigenvalue weighted by molar-refractivity contribution is 5.96. The summed E-state index contributed by atoms with van der Waals surface area (Å²) in [6, 6.07) is 6.64. The molecule has 0 saturated heterocycles. The van der Waals surface area contributed by atoms with Crippen LogP contribution in [0.3, 0.4) is 0 Å².